The molecule has 0 bridgehead atoms. The molecule has 0 saturated heterocycles. The van der Waals surface area contributed by atoms with Crippen LogP contribution in [0.15, 0.2) is 16.0 Å². The molecule has 7 nitrogen and oxygen atoms in total. The van der Waals surface area contributed by atoms with Crippen LogP contribution in [-0.2, 0) is 20.7 Å². The van der Waals surface area contributed by atoms with E-state index in [1.807, 2.05) is 0 Å². The maximum atomic E-state index is 11.7. The van der Waals surface area contributed by atoms with E-state index in [-0.39, 0.29) is 23.6 Å². The highest BCUT2D eigenvalue weighted by atomic mass is 32.2. The molecular weight excluding hydrogens is 306 g/mol. The molecule has 1 aromatic rings. The van der Waals surface area contributed by atoms with Crippen LogP contribution in [0.5, 0.6) is 0 Å². The van der Waals surface area contributed by atoms with Gasteiger partial charge in [-0.1, -0.05) is 25.6 Å². The summed E-state index contributed by atoms with van der Waals surface area (Å²) in [5.41, 5.74) is -0.0464. The lowest BCUT2D eigenvalue weighted by Crippen LogP contribution is -2.27. The van der Waals surface area contributed by atoms with Crippen molar-refractivity contribution in [2.75, 3.05) is 19.4 Å². The van der Waals surface area contributed by atoms with Gasteiger partial charge in [0.25, 0.3) is 5.56 Å². The lowest BCUT2D eigenvalue weighted by molar-refractivity contribution is -0.139. The van der Waals surface area contributed by atoms with Crippen molar-refractivity contribution in [3.63, 3.8) is 0 Å². The Labute approximate surface area is 133 Å². The number of H-pyrrole nitrogens is 1. The van der Waals surface area contributed by atoms with Gasteiger partial charge in [0, 0.05) is 12.6 Å². The summed E-state index contributed by atoms with van der Waals surface area (Å²) in [6.07, 6.45) is 0.842. The molecule has 8 heteroatoms. The van der Waals surface area contributed by atoms with Crippen LogP contribution >= 0.6 is 11.8 Å². The van der Waals surface area contributed by atoms with Crippen molar-refractivity contribution in [3.05, 3.63) is 22.1 Å². The minimum atomic E-state index is -0.472. The van der Waals surface area contributed by atoms with Crippen LogP contribution in [0.25, 0.3) is 0 Å². The molecule has 0 saturated carbocycles. The van der Waals surface area contributed by atoms with Crippen molar-refractivity contribution in [1.82, 2.24) is 15.3 Å². The highest BCUT2D eigenvalue weighted by Crippen LogP contribution is 2.11. The highest BCUT2D eigenvalue weighted by Gasteiger charge is 2.09. The van der Waals surface area contributed by atoms with Gasteiger partial charge in [-0.05, 0) is 12.3 Å². The van der Waals surface area contributed by atoms with Gasteiger partial charge in [-0.15, -0.1) is 0 Å². The molecule has 2 N–H and O–H groups in total. The fourth-order valence-electron chi connectivity index (χ4n) is 1.55. The number of carbonyl (C=O) groups is 2. The van der Waals surface area contributed by atoms with Crippen molar-refractivity contribution in [1.29, 1.82) is 0 Å². The predicted molar refractivity (Wildman–Crippen MR) is 83.8 cm³/mol. The van der Waals surface area contributed by atoms with E-state index in [1.54, 1.807) is 0 Å². The van der Waals surface area contributed by atoms with Gasteiger partial charge in [0.1, 0.15) is 0 Å². The molecular formula is C14H21N3O4S. The van der Waals surface area contributed by atoms with Gasteiger partial charge >= 0.3 is 5.97 Å². The molecule has 1 amide bonds. The monoisotopic (exact) mass is 327 g/mol. The zero-order valence-electron chi connectivity index (χ0n) is 13.0. The number of thioether (sulfide) groups is 1. The molecule has 0 aliphatic carbocycles. The topological polar surface area (TPSA) is 101 Å². The number of hydrogen-bond donors (Lipinski definition) is 2. The summed E-state index contributed by atoms with van der Waals surface area (Å²) in [5.74, 6) is 0.0935. The Morgan fingerprint density at radius 3 is 2.82 bits per heavy atom. The molecule has 0 aromatic carbocycles. The summed E-state index contributed by atoms with van der Waals surface area (Å²) in [6.45, 7) is 4.80. The molecule has 122 valence electrons. The number of rotatable bonds is 8. The molecule has 22 heavy (non-hydrogen) atoms. The number of nitrogens with zero attached hydrogens (tertiary/aromatic N) is 1. The van der Waals surface area contributed by atoms with Gasteiger partial charge in [-0.25, -0.2) is 4.98 Å². The van der Waals surface area contributed by atoms with Crippen LogP contribution in [0.4, 0.5) is 0 Å². The molecule has 0 radical (unpaired) electrons. The fraction of sp³-hybridized carbons (Fsp3) is 0.571. The Morgan fingerprint density at radius 2 is 2.18 bits per heavy atom. The number of hydrogen-bond acceptors (Lipinski definition) is 6. The standard InChI is InChI=1S/C14H21N3O4S/c1-9(2)4-5-15-12(19)8-22-14-16-10(6-11(18)17-14)7-13(20)21-3/h6,9H,4-5,7-8H2,1-3H3,(H,15,19)(H,16,17,18). The maximum absolute atomic E-state index is 11.7. The molecule has 0 aliphatic rings. The first kappa shape index (κ1) is 18.2. The number of ether oxygens (including phenoxy) is 1. The van der Waals surface area contributed by atoms with Crippen LogP contribution in [0.2, 0.25) is 0 Å². The Balaban J connectivity index is 2.53. The molecule has 1 rings (SSSR count). The molecule has 0 aliphatic heterocycles. The summed E-state index contributed by atoms with van der Waals surface area (Å²) < 4.78 is 4.53. The molecule has 0 atom stereocenters. The summed E-state index contributed by atoms with van der Waals surface area (Å²) in [7, 11) is 1.27. The average molecular weight is 327 g/mol. The van der Waals surface area contributed by atoms with Crippen LogP contribution in [-0.4, -0.2) is 41.3 Å². The number of amides is 1. The van der Waals surface area contributed by atoms with Crippen LogP contribution in [0.3, 0.4) is 0 Å². The Kier molecular flexibility index (Phi) is 7.65. The quantitative estimate of drug-likeness (QED) is 0.415. The van der Waals surface area contributed by atoms with Gasteiger partial charge in [0.2, 0.25) is 5.91 Å². The van der Waals surface area contributed by atoms with E-state index in [2.05, 4.69) is 33.9 Å². The van der Waals surface area contributed by atoms with Crippen molar-refractivity contribution in [3.8, 4) is 0 Å². The summed E-state index contributed by atoms with van der Waals surface area (Å²) >= 11 is 1.12. The second-order valence-electron chi connectivity index (χ2n) is 5.12. The molecule has 0 fully saturated rings. The van der Waals surface area contributed by atoms with Crippen molar-refractivity contribution < 1.29 is 14.3 Å². The third-order valence-electron chi connectivity index (χ3n) is 2.71. The van der Waals surface area contributed by atoms with Crippen LogP contribution in [0.1, 0.15) is 26.0 Å². The summed E-state index contributed by atoms with van der Waals surface area (Å²) in [5, 5.41) is 3.11. The smallest absolute Gasteiger partial charge is 0.311 e. The Hall–Kier alpha value is -1.83. The van der Waals surface area contributed by atoms with Gasteiger partial charge in [0.15, 0.2) is 5.16 Å². The molecule has 1 aromatic heterocycles. The first-order chi connectivity index (χ1) is 10.4. The van der Waals surface area contributed by atoms with E-state index in [0.29, 0.717) is 23.3 Å². The fourth-order valence-corrected chi connectivity index (χ4v) is 2.27. The van der Waals surface area contributed by atoms with E-state index in [4.69, 9.17) is 0 Å². The highest BCUT2D eigenvalue weighted by molar-refractivity contribution is 7.99. The van der Waals surface area contributed by atoms with E-state index in [1.165, 1.54) is 13.2 Å². The maximum Gasteiger partial charge on any atom is 0.311 e. The number of aromatic nitrogens is 2. The van der Waals surface area contributed by atoms with Crippen LogP contribution < -0.4 is 10.9 Å². The van der Waals surface area contributed by atoms with Gasteiger partial charge in [-0.3, -0.25) is 14.4 Å². The Morgan fingerprint density at radius 1 is 1.45 bits per heavy atom. The first-order valence-corrected chi connectivity index (χ1v) is 7.95. The predicted octanol–water partition coefficient (Wildman–Crippen LogP) is 0.740. The zero-order valence-corrected chi connectivity index (χ0v) is 13.8. The third-order valence-corrected chi connectivity index (χ3v) is 3.58. The molecule has 0 unspecified atom stereocenters. The number of carbonyl (C=O) groups excluding carboxylic acids is 2. The lowest BCUT2D eigenvalue weighted by atomic mass is 10.1. The van der Waals surface area contributed by atoms with Crippen molar-refractivity contribution in [2.24, 2.45) is 5.92 Å². The third kappa shape index (κ3) is 7.26. The van der Waals surface area contributed by atoms with E-state index in [0.717, 1.165) is 18.2 Å². The summed E-state index contributed by atoms with van der Waals surface area (Å²) in [6, 6.07) is 1.24. The Bertz CT molecular complexity index is 571. The van der Waals surface area contributed by atoms with Crippen LogP contribution in [0, 0.1) is 5.92 Å². The summed E-state index contributed by atoms with van der Waals surface area (Å²) in [4.78, 5) is 41.0. The zero-order chi connectivity index (χ0) is 16.5. The number of esters is 1. The van der Waals surface area contributed by atoms with Gasteiger partial charge < -0.3 is 15.0 Å². The first-order valence-electron chi connectivity index (χ1n) is 6.97. The van der Waals surface area contributed by atoms with Crippen molar-refractivity contribution >= 4 is 23.6 Å². The SMILES string of the molecule is COC(=O)Cc1cc(=O)[nH]c(SCC(=O)NCCC(C)C)n1. The van der Waals surface area contributed by atoms with Crippen molar-refractivity contribution in [2.45, 2.75) is 31.8 Å². The lowest BCUT2D eigenvalue weighted by Gasteiger charge is -2.07. The average Bonchev–Trinajstić information content (AvgIpc) is 2.44. The second-order valence-corrected chi connectivity index (χ2v) is 6.08. The largest absolute Gasteiger partial charge is 0.469 e. The minimum Gasteiger partial charge on any atom is -0.469 e. The van der Waals surface area contributed by atoms with E-state index < -0.39 is 5.97 Å². The number of methoxy groups -OCH3 is 1. The molecule has 0 spiro atoms. The van der Waals surface area contributed by atoms with Gasteiger partial charge in [-0.2, -0.15) is 0 Å². The van der Waals surface area contributed by atoms with Gasteiger partial charge in [0.05, 0.1) is 25.0 Å². The second kappa shape index (κ2) is 9.24. The number of nitrogens with one attached hydrogen (secondary N) is 2. The number of aromatic amines is 1. The van der Waals surface area contributed by atoms with E-state index in [9.17, 15) is 14.4 Å². The molecule has 1 heterocycles. The van der Waals surface area contributed by atoms with E-state index >= 15 is 0 Å². The normalized spacial score (nSPS) is 10.5. The minimum absolute atomic E-state index is 0.0748.